The topological polar surface area (TPSA) is 41.1 Å². The fourth-order valence-electron chi connectivity index (χ4n) is 1.37. The van der Waals surface area contributed by atoms with Crippen LogP contribution < -0.4 is 10.6 Å². The lowest BCUT2D eigenvalue weighted by Crippen LogP contribution is -2.42. The van der Waals surface area contributed by atoms with Crippen molar-refractivity contribution < 1.29 is 4.79 Å². The smallest absolute Gasteiger partial charge is 0.216 e. The molecule has 0 radical (unpaired) electrons. The summed E-state index contributed by atoms with van der Waals surface area (Å²) in [4.78, 5) is 10.5. The zero-order valence-electron chi connectivity index (χ0n) is 7.43. The summed E-state index contributed by atoms with van der Waals surface area (Å²) in [7, 11) is 0. The van der Waals surface area contributed by atoms with E-state index in [1.165, 1.54) is 19.3 Å². The minimum absolute atomic E-state index is 0. The third kappa shape index (κ3) is 4.57. The largest absolute Gasteiger partial charge is 0.355 e. The highest BCUT2D eigenvalue weighted by Crippen LogP contribution is 2.05. The van der Waals surface area contributed by atoms with E-state index in [1.807, 2.05) is 0 Å². The van der Waals surface area contributed by atoms with Crippen LogP contribution in [0.3, 0.4) is 0 Å². The Hall–Kier alpha value is -0.280. The second kappa shape index (κ2) is 6.26. The number of carbonyl (C=O) groups excluding carboxylic acids is 1. The lowest BCUT2D eigenvalue weighted by atomic mass is 10.1. The molecule has 72 valence electrons. The molecule has 0 aromatic carbocycles. The SMILES string of the molecule is CC(=O)NCC1CCCCN1.Cl. The minimum atomic E-state index is 0. The van der Waals surface area contributed by atoms with Crippen LogP contribution in [-0.4, -0.2) is 25.0 Å². The van der Waals surface area contributed by atoms with Crippen molar-refractivity contribution in [3.63, 3.8) is 0 Å². The van der Waals surface area contributed by atoms with Crippen molar-refractivity contribution in [2.24, 2.45) is 0 Å². The molecule has 1 unspecified atom stereocenters. The second-order valence-electron chi connectivity index (χ2n) is 3.08. The van der Waals surface area contributed by atoms with Crippen molar-refractivity contribution in [3.8, 4) is 0 Å². The van der Waals surface area contributed by atoms with Gasteiger partial charge in [0.15, 0.2) is 0 Å². The summed E-state index contributed by atoms with van der Waals surface area (Å²) in [5.41, 5.74) is 0. The van der Waals surface area contributed by atoms with Crippen LogP contribution in [0.5, 0.6) is 0 Å². The molecule has 1 rings (SSSR count). The van der Waals surface area contributed by atoms with Gasteiger partial charge in [-0.1, -0.05) is 6.42 Å². The summed E-state index contributed by atoms with van der Waals surface area (Å²) >= 11 is 0. The van der Waals surface area contributed by atoms with E-state index in [4.69, 9.17) is 0 Å². The molecule has 0 aromatic heterocycles. The maximum absolute atomic E-state index is 10.5. The van der Waals surface area contributed by atoms with E-state index >= 15 is 0 Å². The first kappa shape index (κ1) is 11.7. The maximum atomic E-state index is 10.5. The standard InChI is InChI=1S/C8H16N2O.ClH/c1-7(11)10-6-8-4-2-3-5-9-8;/h8-9H,2-6H2,1H3,(H,10,11);1H. The van der Waals surface area contributed by atoms with Gasteiger partial charge in [0.05, 0.1) is 0 Å². The van der Waals surface area contributed by atoms with Gasteiger partial charge in [-0.15, -0.1) is 12.4 Å². The van der Waals surface area contributed by atoms with Crippen molar-refractivity contribution in [3.05, 3.63) is 0 Å². The highest BCUT2D eigenvalue weighted by Gasteiger charge is 2.11. The Morgan fingerprint density at radius 3 is 2.83 bits per heavy atom. The summed E-state index contributed by atoms with van der Waals surface area (Å²) in [6.45, 7) is 3.45. The molecule has 1 aliphatic heterocycles. The van der Waals surface area contributed by atoms with Crippen LogP contribution in [0, 0.1) is 0 Å². The van der Waals surface area contributed by atoms with E-state index < -0.39 is 0 Å². The Morgan fingerprint density at radius 1 is 1.58 bits per heavy atom. The lowest BCUT2D eigenvalue weighted by Gasteiger charge is -2.23. The average molecular weight is 193 g/mol. The van der Waals surface area contributed by atoms with Crippen molar-refractivity contribution in [2.45, 2.75) is 32.2 Å². The van der Waals surface area contributed by atoms with Crippen LogP contribution in [0.15, 0.2) is 0 Å². The number of halogens is 1. The molecule has 0 spiro atoms. The van der Waals surface area contributed by atoms with Crippen molar-refractivity contribution >= 4 is 18.3 Å². The number of carbonyl (C=O) groups is 1. The van der Waals surface area contributed by atoms with Crippen molar-refractivity contribution in [1.29, 1.82) is 0 Å². The number of hydrogen-bond acceptors (Lipinski definition) is 2. The maximum Gasteiger partial charge on any atom is 0.216 e. The average Bonchev–Trinajstić information content (AvgIpc) is 2.03. The zero-order chi connectivity index (χ0) is 8.10. The van der Waals surface area contributed by atoms with Gasteiger partial charge in [0, 0.05) is 19.5 Å². The molecule has 1 aliphatic rings. The monoisotopic (exact) mass is 192 g/mol. The van der Waals surface area contributed by atoms with Crippen LogP contribution in [0.1, 0.15) is 26.2 Å². The molecule has 1 atom stereocenters. The quantitative estimate of drug-likeness (QED) is 0.676. The van der Waals surface area contributed by atoms with Crippen LogP contribution in [0.2, 0.25) is 0 Å². The van der Waals surface area contributed by atoms with Gasteiger partial charge in [-0.05, 0) is 19.4 Å². The summed E-state index contributed by atoms with van der Waals surface area (Å²) < 4.78 is 0. The van der Waals surface area contributed by atoms with E-state index in [-0.39, 0.29) is 18.3 Å². The molecule has 0 saturated carbocycles. The van der Waals surface area contributed by atoms with E-state index in [9.17, 15) is 4.79 Å². The second-order valence-corrected chi connectivity index (χ2v) is 3.08. The number of nitrogens with one attached hydrogen (secondary N) is 2. The molecular formula is C8H17ClN2O. The molecule has 3 nitrogen and oxygen atoms in total. The van der Waals surface area contributed by atoms with Gasteiger partial charge in [0.25, 0.3) is 0 Å². The summed E-state index contributed by atoms with van der Waals surface area (Å²) in [5.74, 6) is 0.0670. The normalized spacial score (nSPS) is 22.6. The lowest BCUT2D eigenvalue weighted by molar-refractivity contribution is -0.119. The van der Waals surface area contributed by atoms with E-state index in [0.29, 0.717) is 6.04 Å². The third-order valence-corrected chi connectivity index (χ3v) is 2.01. The molecule has 0 bridgehead atoms. The van der Waals surface area contributed by atoms with E-state index in [2.05, 4.69) is 10.6 Å². The van der Waals surface area contributed by atoms with Crippen molar-refractivity contribution in [1.82, 2.24) is 10.6 Å². The fraction of sp³-hybridized carbons (Fsp3) is 0.875. The zero-order valence-corrected chi connectivity index (χ0v) is 8.25. The van der Waals surface area contributed by atoms with Crippen molar-refractivity contribution in [2.75, 3.05) is 13.1 Å². The van der Waals surface area contributed by atoms with Gasteiger partial charge in [-0.3, -0.25) is 4.79 Å². The molecule has 2 N–H and O–H groups in total. The third-order valence-electron chi connectivity index (χ3n) is 2.01. The predicted molar refractivity (Wildman–Crippen MR) is 51.6 cm³/mol. The van der Waals surface area contributed by atoms with Crippen LogP contribution in [0.25, 0.3) is 0 Å². The van der Waals surface area contributed by atoms with Gasteiger partial charge < -0.3 is 10.6 Å². The number of hydrogen-bond donors (Lipinski definition) is 2. The molecule has 1 amide bonds. The van der Waals surface area contributed by atoms with E-state index in [1.54, 1.807) is 6.92 Å². The van der Waals surface area contributed by atoms with Crippen LogP contribution in [-0.2, 0) is 4.79 Å². The minimum Gasteiger partial charge on any atom is -0.355 e. The molecule has 1 saturated heterocycles. The molecule has 4 heteroatoms. The highest BCUT2D eigenvalue weighted by molar-refractivity contribution is 5.85. The molecular weight excluding hydrogens is 176 g/mol. The molecule has 1 fully saturated rings. The summed E-state index contributed by atoms with van der Waals surface area (Å²) in [5, 5.41) is 6.17. The first-order valence-corrected chi connectivity index (χ1v) is 4.27. The van der Waals surface area contributed by atoms with E-state index in [0.717, 1.165) is 13.1 Å². The predicted octanol–water partition coefficient (Wildman–Crippen LogP) is 0.686. The summed E-state index contributed by atoms with van der Waals surface area (Å²) in [6, 6.07) is 0.507. The van der Waals surface area contributed by atoms with Gasteiger partial charge >= 0.3 is 0 Å². The molecule has 1 heterocycles. The van der Waals surface area contributed by atoms with Gasteiger partial charge in [-0.2, -0.15) is 0 Å². The molecule has 0 aromatic rings. The Bertz CT molecular complexity index is 135. The van der Waals surface area contributed by atoms with Crippen LogP contribution >= 0.6 is 12.4 Å². The Balaban J connectivity index is 0.00000121. The van der Waals surface area contributed by atoms with Gasteiger partial charge in [0.1, 0.15) is 0 Å². The number of piperidine rings is 1. The molecule has 0 aliphatic carbocycles. The van der Waals surface area contributed by atoms with Crippen LogP contribution in [0.4, 0.5) is 0 Å². The first-order chi connectivity index (χ1) is 5.29. The van der Waals surface area contributed by atoms with Gasteiger partial charge in [-0.25, -0.2) is 0 Å². The van der Waals surface area contributed by atoms with Gasteiger partial charge in [0.2, 0.25) is 5.91 Å². The number of amides is 1. The fourth-order valence-corrected chi connectivity index (χ4v) is 1.37. The Kier molecular flexibility index (Phi) is 6.11. The summed E-state index contributed by atoms with van der Waals surface area (Å²) in [6.07, 6.45) is 3.76. The molecule has 12 heavy (non-hydrogen) atoms. The number of rotatable bonds is 2. The first-order valence-electron chi connectivity index (χ1n) is 4.27. The highest BCUT2D eigenvalue weighted by atomic mass is 35.5. The Labute approximate surface area is 79.7 Å². The Morgan fingerprint density at radius 2 is 2.33 bits per heavy atom.